The maximum atomic E-state index is 12.2. The van der Waals surface area contributed by atoms with Crippen LogP contribution in [0.5, 0.6) is 5.75 Å². The van der Waals surface area contributed by atoms with Crippen LogP contribution in [0.2, 0.25) is 5.02 Å². The van der Waals surface area contributed by atoms with Crippen LogP contribution in [-0.2, 0) is 6.42 Å². The maximum Gasteiger partial charge on any atom is 0.252 e. The molecule has 0 saturated heterocycles. The number of amides is 1. The van der Waals surface area contributed by atoms with Gasteiger partial charge in [-0.15, -0.1) is 0 Å². The van der Waals surface area contributed by atoms with E-state index in [-0.39, 0.29) is 5.91 Å². The van der Waals surface area contributed by atoms with Gasteiger partial charge in [0, 0.05) is 11.0 Å². The van der Waals surface area contributed by atoms with Gasteiger partial charge in [0.15, 0.2) is 0 Å². The van der Waals surface area contributed by atoms with Gasteiger partial charge >= 0.3 is 0 Å². The van der Waals surface area contributed by atoms with Gasteiger partial charge in [0.05, 0.1) is 17.2 Å². The summed E-state index contributed by atoms with van der Waals surface area (Å²) in [7, 11) is 0. The zero-order valence-electron chi connectivity index (χ0n) is 12.9. The highest BCUT2D eigenvalue weighted by Crippen LogP contribution is 2.21. The predicted molar refractivity (Wildman–Crippen MR) is 97.4 cm³/mol. The average molecular weight is 397 g/mol. The van der Waals surface area contributed by atoms with E-state index in [0.29, 0.717) is 23.7 Å². The van der Waals surface area contributed by atoms with Crippen LogP contribution < -0.4 is 10.1 Å². The second-order valence-electron chi connectivity index (χ2n) is 5.02. The highest BCUT2D eigenvalue weighted by atomic mass is 79.9. The lowest BCUT2D eigenvalue weighted by Crippen LogP contribution is -2.25. The Morgan fingerprint density at radius 2 is 2.04 bits per heavy atom. The van der Waals surface area contributed by atoms with Crippen LogP contribution >= 0.6 is 27.5 Å². The Balaban J connectivity index is 1.86. The molecule has 0 aliphatic carbocycles. The third kappa shape index (κ3) is 5.26. The zero-order valence-corrected chi connectivity index (χ0v) is 15.3. The van der Waals surface area contributed by atoms with Gasteiger partial charge in [-0.1, -0.05) is 45.7 Å². The van der Waals surface area contributed by atoms with E-state index in [0.717, 1.165) is 28.6 Å². The monoisotopic (exact) mass is 395 g/mol. The Kier molecular flexibility index (Phi) is 6.93. The first-order valence-electron chi connectivity index (χ1n) is 7.55. The Hall–Kier alpha value is -1.52. The lowest BCUT2D eigenvalue weighted by molar-refractivity contribution is 0.0953. The smallest absolute Gasteiger partial charge is 0.252 e. The van der Waals surface area contributed by atoms with E-state index in [1.807, 2.05) is 31.2 Å². The molecule has 0 fully saturated rings. The molecule has 3 nitrogen and oxygen atoms in total. The molecule has 122 valence electrons. The molecule has 5 heteroatoms. The van der Waals surface area contributed by atoms with Gasteiger partial charge in [0.2, 0.25) is 0 Å². The lowest BCUT2D eigenvalue weighted by Gasteiger charge is -2.10. The second-order valence-corrected chi connectivity index (χ2v) is 6.35. The molecule has 23 heavy (non-hydrogen) atoms. The van der Waals surface area contributed by atoms with Crippen molar-refractivity contribution in [1.82, 2.24) is 5.32 Å². The molecule has 0 aliphatic rings. The molecule has 2 rings (SSSR count). The van der Waals surface area contributed by atoms with Crippen LogP contribution in [0, 0.1) is 0 Å². The highest BCUT2D eigenvalue weighted by Gasteiger charge is 2.10. The fourth-order valence-corrected chi connectivity index (χ4v) is 2.82. The van der Waals surface area contributed by atoms with Gasteiger partial charge in [-0.05, 0) is 49.6 Å². The second kappa shape index (κ2) is 8.94. The quantitative estimate of drug-likeness (QED) is 0.678. The number of carbonyl (C=O) groups is 1. The van der Waals surface area contributed by atoms with E-state index in [1.165, 1.54) is 0 Å². The zero-order chi connectivity index (χ0) is 16.7. The summed E-state index contributed by atoms with van der Waals surface area (Å²) in [6.45, 7) is 3.20. The van der Waals surface area contributed by atoms with Crippen molar-refractivity contribution in [3.63, 3.8) is 0 Å². The van der Waals surface area contributed by atoms with Crippen molar-refractivity contribution in [3.8, 4) is 5.75 Å². The number of para-hydroxylation sites is 1. The molecule has 0 aromatic heterocycles. The van der Waals surface area contributed by atoms with Gasteiger partial charge in [-0.2, -0.15) is 0 Å². The summed E-state index contributed by atoms with van der Waals surface area (Å²) in [5, 5.41) is 3.35. The van der Waals surface area contributed by atoms with E-state index < -0.39 is 0 Å². The van der Waals surface area contributed by atoms with Crippen LogP contribution in [0.25, 0.3) is 0 Å². The number of hydrogen-bond donors (Lipinski definition) is 1. The Morgan fingerprint density at radius 1 is 1.26 bits per heavy atom. The fraction of sp³-hybridized carbons (Fsp3) is 0.278. The molecule has 0 radical (unpaired) electrons. The summed E-state index contributed by atoms with van der Waals surface area (Å²) < 4.78 is 6.43. The lowest BCUT2D eigenvalue weighted by atomic mass is 10.1. The summed E-state index contributed by atoms with van der Waals surface area (Å²) in [5.41, 5.74) is 1.64. The molecule has 2 aromatic carbocycles. The molecular formula is C18H19BrClNO2. The number of ether oxygens (including phenoxy) is 1. The largest absolute Gasteiger partial charge is 0.494 e. The van der Waals surface area contributed by atoms with Gasteiger partial charge < -0.3 is 10.1 Å². The summed E-state index contributed by atoms with van der Waals surface area (Å²) >= 11 is 9.40. The SMILES string of the molecule is CCOc1ccccc1CCCNC(=O)c1cc(Br)ccc1Cl. The molecule has 0 atom stereocenters. The molecule has 1 N–H and O–H groups in total. The topological polar surface area (TPSA) is 38.3 Å². The number of rotatable bonds is 7. The van der Waals surface area contributed by atoms with Crippen molar-refractivity contribution in [3.05, 3.63) is 63.1 Å². The van der Waals surface area contributed by atoms with Gasteiger partial charge in [0.1, 0.15) is 5.75 Å². The first kappa shape index (κ1) is 17.8. The summed E-state index contributed by atoms with van der Waals surface area (Å²) in [6.07, 6.45) is 1.68. The molecule has 0 saturated carbocycles. The summed E-state index contributed by atoms with van der Waals surface area (Å²) in [4.78, 5) is 12.2. The van der Waals surface area contributed by atoms with E-state index in [1.54, 1.807) is 12.1 Å². The molecule has 1 amide bonds. The van der Waals surface area contributed by atoms with E-state index >= 15 is 0 Å². The number of hydrogen-bond acceptors (Lipinski definition) is 2. The van der Waals surface area contributed by atoms with Gasteiger partial charge in [-0.3, -0.25) is 4.79 Å². The average Bonchev–Trinajstić information content (AvgIpc) is 2.55. The minimum atomic E-state index is -0.158. The van der Waals surface area contributed by atoms with E-state index in [4.69, 9.17) is 16.3 Å². The number of aryl methyl sites for hydroxylation is 1. The first-order chi connectivity index (χ1) is 11.1. The van der Waals surface area contributed by atoms with Crippen molar-refractivity contribution >= 4 is 33.4 Å². The molecule has 0 bridgehead atoms. The van der Waals surface area contributed by atoms with Crippen molar-refractivity contribution in [2.45, 2.75) is 19.8 Å². The fourth-order valence-electron chi connectivity index (χ4n) is 2.25. The Labute approximate surface area is 150 Å². The van der Waals surface area contributed by atoms with Crippen LogP contribution in [0.15, 0.2) is 46.9 Å². The van der Waals surface area contributed by atoms with E-state index in [2.05, 4.69) is 27.3 Å². The summed E-state index contributed by atoms with van der Waals surface area (Å²) in [6, 6.07) is 13.2. The standard InChI is InChI=1S/C18H19BrClNO2/c1-2-23-17-8-4-3-6-13(17)7-5-11-21-18(22)15-12-14(19)9-10-16(15)20/h3-4,6,8-10,12H,2,5,7,11H2,1H3,(H,21,22). The minimum Gasteiger partial charge on any atom is -0.494 e. The molecule has 0 aliphatic heterocycles. The van der Waals surface area contributed by atoms with Crippen LogP contribution in [0.3, 0.4) is 0 Å². The normalized spacial score (nSPS) is 10.4. The predicted octanol–water partition coefficient (Wildman–Crippen LogP) is 4.86. The van der Waals surface area contributed by atoms with Gasteiger partial charge in [0.25, 0.3) is 5.91 Å². The third-order valence-corrected chi connectivity index (χ3v) is 4.18. The number of nitrogens with one attached hydrogen (secondary N) is 1. The number of carbonyl (C=O) groups excluding carboxylic acids is 1. The molecule has 0 unspecified atom stereocenters. The number of halogens is 2. The van der Waals surface area contributed by atoms with Crippen LogP contribution in [0.4, 0.5) is 0 Å². The molecular weight excluding hydrogens is 378 g/mol. The van der Waals surface area contributed by atoms with Crippen LogP contribution in [0.1, 0.15) is 29.3 Å². The van der Waals surface area contributed by atoms with Gasteiger partial charge in [-0.25, -0.2) is 0 Å². The molecule has 0 heterocycles. The summed E-state index contributed by atoms with van der Waals surface area (Å²) in [5.74, 6) is 0.755. The Bertz CT molecular complexity index is 676. The molecule has 2 aromatic rings. The van der Waals surface area contributed by atoms with Crippen molar-refractivity contribution in [1.29, 1.82) is 0 Å². The highest BCUT2D eigenvalue weighted by molar-refractivity contribution is 9.10. The van der Waals surface area contributed by atoms with Crippen molar-refractivity contribution in [2.24, 2.45) is 0 Å². The van der Waals surface area contributed by atoms with E-state index in [9.17, 15) is 4.79 Å². The Morgan fingerprint density at radius 3 is 2.83 bits per heavy atom. The first-order valence-corrected chi connectivity index (χ1v) is 8.73. The van der Waals surface area contributed by atoms with Crippen molar-refractivity contribution < 1.29 is 9.53 Å². The number of benzene rings is 2. The van der Waals surface area contributed by atoms with Crippen molar-refractivity contribution in [2.75, 3.05) is 13.2 Å². The third-order valence-electron chi connectivity index (χ3n) is 3.35. The maximum absolute atomic E-state index is 12.2. The molecule has 0 spiro atoms. The van der Waals surface area contributed by atoms with Crippen LogP contribution in [-0.4, -0.2) is 19.1 Å². The minimum absolute atomic E-state index is 0.158.